The number of nitrogens with one attached hydrogen (secondary N) is 1. The lowest BCUT2D eigenvalue weighted by Gasteiger charge is -2.26. The van der Waals surface area contributed by atoms with Crippen LogP contribution >= 0.6 is 0 Å². The molecule has 5 heteroatoms. The van der Waals surface area contributed by atoms with Crippen LogP contribution in [0.5, 0.6) is 0 Å². The van der Waals surface area contributed by atoms with E-state index in [-0.39, 0.29) is 17.9 Å². The van der Waals surface area contributed by atoms with Crippen molar-refractivity contribution in [2.45, 2.75) is 71.8 Å². The van der Waals surface area contributed by atoms with Crippen molar-refractivity contribution in [1.29, 1.82) is 0 Å². The normalized spacial score (nSPS) is 17.7. The molecule has 0 aromatic carbocycles. The molecule has 0 saturated carbocycles. The van der Waals surface area contributed by atoms with Gasteiger partial charge in [-0.25, -0.2) is 4.79 Å². The van der Waals surface area contributed by atoms with Crippen LogP contribution in [0.3, 0.4) is 0 Å². The molecule has 0 rings (SSSR count). The minimum atomic E-state index is -0.648. The molecule has 0 aliphatic carbocycles. The number of ether oxygens (including phenoxy) is 2. The fourth-order valence-electron chi connectivity index (χ4n) is 1.57. The third-order valence-corrected chi connectivity index (χ3v) is 2.81. The van der Waals surface area contributed by atoms with E-state index in [1.54, 1.807) is 6.92 Å². The zero-order valence-corrected chi connectivity index (χ0v) is 12.3. The second kappa shape index (κ2) is 8.32. The highest BCUT2D eigenvalue weighted by Crippen LogP contribution is 2.15. The molecule has 3 atom stereocenters. The Morgan fingerprint density at radius 3 is 2.44 bits per heavy atom. The fourth-order valence-corrected chi connectivity index (χ4v) is 1.57. The van der Waals surface area contributed by atoms with Gasteiger partial charge in [0.05, 0.1) is 0 Å². The summed E-state index contributed by atoms with van der Waals surface area (Å²) in [5, 5.41) is 3.05. The quantitative estimate of drug-likeness (QED) is 0.518. The first kappa shape index (κ1) is 17.2. The molecule has 0 aliphatic rings. The summed E-state index contributed by atoms with van der Waals surface area (Å²) in [6.45, 7) is 10.4. The van der Waals surface area contributed by atoms with Crippen LogP contribution in [-0.4, -0.2) is 30.6 Å². The van der Waals surface area contributed by atoms with Crippen molar-refractivity contribution < 1.29 is 14.3 Å². The first-order valence-electron chi connectivity index (χ1n) is 6.70. The molecule has 0 aromatic heterocycles. The third-order valence-electron chi connectivity index (χ3n) is 2.81. The summed E-state index contributed by atoms with van der Waals surface area (Å²) in [4.78, 5) is 11.5. The number of rotatable bonds is 8. The van der Waals surface area contributed by atoms with Crippen LogP contribution in [-0.2, 0) is 9.47 Å². The molecule has 0 heterocycles. The van der Waals surface area contributed by atoms with E-state index >= 15 is 0 Å². The minimum Gasteiger partial charge on any atom is -0.431 e. The Morgan fingerprint density at radius 2 is 1.94 bits per heavy atom. The minimum absolute atomic E-state index is 0.245. The summed E-state index contributed by atoms with van der Waals surface area (Å²) in [7, 11) is 0. The number of hydrogen-bond donors (Lipinski definition) is 2. The summed E-state index contributed by atoms with van der Waals surface area (Å²) in [5.74, 6) is 0. The Bertz CT molecular complexity index is 244. The van der Waals surface area contributed by atoms with Gasteiger partial charge in [0.1, 0.15) is 6.10 Å². The second-order valence-corrected chi connectivity index (χ2v) is 5.10. The van der Waals surface area contributed by atoms with Crippen molar-refractivity contribution in [1.82, 2.24) is 5.32 Å². The molecule has 18 heavy (non-hydrogen) atoms. The predicted octanol–water partition coefficient (Wildman–Crippen LogP) is 2.39. The molecule has 3 N–H and O–H groups in total. The van der Waals surface area contributed by atoms with Gasteiger partial charge in [-0.15, -0.1) is 0 Å². The van der Waals surface area contributed by atoms with E-state index in [1.807, 2.05) is 27.7 Å². The molecular formula is C13H28N2O3. The topological polar surface area (TPSA) is 73.6 Å². The molecule has 0 saturated heterocycles. The SMILES string of the molecule is CCCNC(C)OC(=O)OC(C)CC(C)(N)CC. The van der Waals surface area contributed by atoms with Gasteiger partial charge < -0.3 is 15.2 Å². The second-order valence-electron chi connectivity index (χ2n) is 5.10. The maximum Gasteiger partial charge on any atom is 0.510 e. The lowest BCUT2D eigenvalue weighted by molar-refractivity contribution is -0.00708. The number of nitrogens with two attached hydrogens (primary N) is 1. The molecule has 0 amide bonds. The highest BCUT2D eigenvalue weighted by molar-refractivity contribution is 5.60. The summed E-state index contributed by atoms with van der Waals surface area (Å²) in [6, 6.07) is 0. The standard InChI is InChI=1S/C13H28N2O3/c1-6-8-15-11(4)18-12(16)17-10(3)9-13(5,14)7-2/h10-11,15H,6-9,14H2,1-5H3. The molecule has 3 unspecified atom stereocenters. The van der Waals surface area contributed by atoms with Gasteiger partial charge in [0.2, 0.25) is 0 Å². The highest BCUT2D eigenvalue weighted by atomic mass is 16.7. The lowest BCUT2D eigenvalue weighted by Crippen LogP contribution is -2.40. The molecular weight excluding hydrogens is 232 g/mol. The Labute approximate surface area is 110 Å². The van der Waals surface area contributed by atoms with Crippen molar-refractivity contribution >= 4 is 6.16 Å². The van der Waals surface area contributed by atoms with Gasteiger partial charge in [-0.05, 0) is 40.2 Å². The summed E-state index contributed by atoms with van der Waals surface area (Å²) in [5.41, 5.74) is 5.70. The Morgan fingerprint density at radius 1 is 1.33 bits per heavy atom. The van der Waals surface area contributed by atoms with Crippen molar-refractivity contribution in [2.75, 3.05) is 6.54 Å². The van der Waals surface area contributed by atoms with Crippen LogP contribution in [0.25, 0.3) is 0 Å². The summed E-state index contributed by atoms with van der Waals surface area (Å²) in [6.07, 6.45) is 1.22. The molecule has 0 aliphatic heterocycles. The van der Waals surface area contributed by atoms with Crippen molar-refractivity contribution in [2.24, 2.45) is 5.73 Å². The van der Waals surface area contributed by atoms with Crippen LogP contribution in [0.2, 0.25) is 0 Å². The zero-order valence-electron chi connectivity index (χ0n) is 12.3. The van der Waals surface area contributed by atoms with Gasteiger partial charge in [-0.3, -0.25) is 5.32 Å². The molecule has 0 spiro atoms. The third kappa shape index (κ3) is 8.31. The largest absolute Gasteiger partial charge is 0.510 e. The van der Waals surface area contributed by atoms with E-state index in [0.29, 0.717) is 6.42 Å². The van der Waals surface area contributed by atoms with E-state index in [1.165, 1.54) is 0 Å². The van der Waals surface area contributed by atoms with E-state index < -0.39 is 6.16 Å². The molecule has 0 radical (unpaired) electrons. The molecule has 0 aromatic rings. The van der Waals surface area contributed by atoms with Crippen LogP contribution in [0.1, 0.15) is 53.9 Å². The average molecular weight is 260 g/mol. The number of carbonyl (C=O) groups is 1. The smallest absolute Gasteiger partial charge is 0.431 e. The molecule has 5 nitrogen and oxygen atoms in total. The zero-order chi connectivity index (χ0) is 14.2. The monoisotopic (exact) mass is 260 g/mol. The fraction of sp³-hybridized carbons (Fsp3) is 0.923. The molecule has 108 valence electrons. The summed E-state index contributed by atoms with van der Waals surface area (Å²) < 4.78 is 10.2. The maximum absolute atomic E-state index is 11.5. The van der Waals surface area contributed by atoms with Crippen LogP contribution < -0.4 is 11.1 Å². The van der Waals surface area contributed by atoms with E-state index in [9.17, 15) is 4.79 Å². The Hall–Kier alpha value is -0.810. The first-order chi connectivity index (χ1) is 8.30. The Kier molecular flexibility index (Phi) is 7.95. The first-order valence-corrected chi connectivity index (χ1v) is 6.70. The van der Waals surface area contributed by atoms with E-state index in [0.717, 1.165) is 19.4 Å². The maximum atomic E-state index is 11.5. The summed E-state index contributed by atoms with van der Waals surface area (Å²) >= 11 is 0. The van der Waals surface area contributed by atoms with E-state index in [2.05, 4.69) is 5.32 Å². The van der Waals surface area contributed by atoms with Gasteiger partial charge in [-0.2, -0.15) is 0 Å². The van der Waals surface area contributed by atoms with Crippen molar-refractivity contribution in [3.05, 3.63) is 0 Å². The van der Waals surface area contributed by atoms with Gasteiger partial charge in [0.15, 0.2) is 6.23 Å². The van der Waals surface area contributed by atoms with Gasteiger partial charge >= 0.3 is 6.16 Å². The molecule has 0 bridgehead atoms. The van der Waals surface area contributed by atoms with Gasteiger partial charge in [-0.1, -0.05) is 13.8 Å². The van der Waals surface area contributed by atoms with E-state index in [4.69, 9.17) is 15.2 Å². The number of carbonyl (C=O) groups excluding carboxylic acids is 1. The average Bonchev–Trinajstić information content (AvgIpc) is 2.25. The van der Waals surface area contributed by atoms with Crippen LogP contribution in [0.15, 0.2) is 0 Å². The lowest BCUT2D eigenvalue weighted by atomic mass is 9.93. The van der Waals surface area contributed by atoms with Crippen molar-refractivity contribution in [3.8, 4) is 0 Å². The molecule has 0 fully saturated rings. The van der Waals surface area contributed by atoms with Crippen LogP contribution in [0.4, 0.5) is 4.79 Å². The van der Waals surface area contributed by atoms with Gasteiger partial charge in [0.25, 0.3) is 0 Å². The van der Waals surface area contributed by atoms with Crippen LogP contribution in [0, 0.1) is 0 Å². The van der Waals surface area contributed by atoms with Crippen molar-refractivity contribution in [3.63, 3.8) is 0 Å². The highest BCUT2D eigenvalue weighted by Gasteiger charge is 2.22. The van der Waals surface area contributed by atoms with Gasteiger partial charge in [0, 0.05) is 12.0 Å². The Balaban J connectivity index is 3.93. The number of hydrogen-bond acceptors (Lipinski definition) is 5. The predicted molar refractivity (Wildman–Crippen MR) is 72.3 cm³/mol.